The Morgan fingerprint density at radius 2 is 1.67 bits per heavy atom. The van der Waals surface area contributed by atoms with Crippen LogP contribution < -0.4 is 10.6 Å². The first kappa shape index (κ1) is 20.6. The second kappa shape index (κ2) is 9.73. The third kappa shape index (κ3) is 5.86. The van der Waals surface area contributed by atoms with Gasteiger partial charge < -0.3 is 10.6 Å². The minimum atomic E-state index is -0.507. The van der Waals surface area contributed by atoms with Crippen LogP contribution in [0.1, 0.15) is 11.1 Å². The molecule has 2 N–H and O–H groups in total. The summed E-state index contributed by atoms with van der Waals surface area (Å²) in [5.41, 5.74) is 0.953. The number of guanidine groups is 1. The molecule has 3 nitrogen and oxygen atoms in total. The van der Waals surface area contributed by atoms with Crippen molar-refractivity contribution >= 4 is 41.5 Å². The van der Waals surface area contributed by atoms with Crippen molar-refractivity contribution in [1.82, 2.24) is 10.6 Å². The Bertz CT molecular complexity index is 726. The van der Waals surface area contributed by atoms with E-state index in [1.165, 1.54) is 12.1 Å². The van der Waals surface area contributed by atoms with Crippen molar-refractivity contribution < 1.29 is 13.2 Å². The highest BCUT2D eigenvalue weighted by molar-refractivity contribution is 14.0. The fourth-order valence-electron chi connectivity index (χ4n) is 1.91. The van der Waals surface area contributed by atoms with Crippen LogP contribution in [0, 0.1) is 17.5 Å². The van der Waals surface area contributed by atoms with Crippen molar-refractivity contribution in [1.29, 1.82) is 0 Å². The van der Waals surface area contributed by atoms with Gasteiger partial charge in [0, 0.05) is 25.7 Å². The zero-order chi connectivity index (χ0) is 16.8. The van der Waals surface area contributed by atoms with E-state index in [9.17, 15) is 13.2 Å². The second-order valence-corrected chi connectivity index (χ2v) is 5.17. The number of rotatable bonds is 4. The third-order valence-electron chi connectivity index (χ3n) is 3.12. The van der Waals surface area contributed by atoms with Crippen molar-refractivity contribution in [2.24, 2.45) is 4.99 Å². The minimum absolute atomic E-state index is 0. The molecule has 0 amide bonds. The van der Waals surface area contributed by atoms with Gasteiger partial charge in [-0.15, -0.1) is 24.0 Å². The lowest BCUT2D eigenvalue weighted by atomic mass is 10.2. The van der Waals surface area contributed by atoms with Gasteiger partial charge in [-0.1, -0.05) is 17.7 Å². The van der Waals surface area contributed by atoms with Crippen molar-refractivity contribution in [3.8, 4) is 0 Å². The number of aliphatic imine (C=N–C) groups is 1. The van der Waals surface area contributed by atoms with Crippen molar-refractivity contribution in [2.75, 3.05) is 7.05 Å². The molecule has 0 fully saturated rings. The van der Waals surface area contributed by atoms with Crippen LogP contribution in [-0.4, -0.2) is 13.0 Å². The number of hydrogen-bond donors (Lipinski definition) is 2. The molecule has 0 radical (unpaired) electrons. The maximum absolute atomic E-state index is 13.5. The standard InChI is InChI=1S/C16H15ClF3N3.HI/c1-21-16(22-8-10-2-4-15(20)13(17)6-10)23-9-11-7-12(18)3-5-14(11)19;/h2-7H,8-9H2,1H3,(H2,21,22,23);1H. The zero-order valence-electron chi connectivity index (χ0n) is 12.7. The highest BCUT2D eigenvalue weighted by Crippen LogP contribution is 2.15. The van der Waals surface area contributed by atoms with Crippen LogP contribution in [0.25, 0.3) is 0 Å². The summed E-state index contributed by atoms with van der Waals surface area (Å²) in [4.78, 5) is 3.98. The van der Waals surface area contributed by atoms with Gasteiger partial charge in [0.1, 0.15) is 17.5 Å². The average molecular weight is 470 g/mol. The predicted octanol–water partition coefficient (Wildman–Crippen LogP) is 4.24. The molecule has 0 aromatic heterocycles. The number of benzene rings is 2. The summed E-state index contributed by atoms with van der Waals surface area (Å²) in [7, 11) is 1.55. The quantitative estimate of drug-likeness (QED) is 0.399. The monoisotopic (exact) mass is 469 g/mol. The van der Waals surface area contributed by atoms with Crippen molar-refractivity contribution in [3.05, 3.63) is 70.0 Å². The summed E-state index contributed by atoms with van der Waals surface area (Å²) >= 11 is 5.71. The van der Waals surface area contributed by atoms with Gasteiger partial charge in [-0.2, -0.15) is 0 Å². The Morgan fingerprint density at radius 3 is 2.33 bits per heavy atom. The van der Waals surface area contributed by atoms with E-state index < -0.39 is 17.5 Å². The lowest BCUT2D eigenvalue weighted by Crippen LogP contribution is -2.36. The van der Waals surface area contributed by atoms with Gasteiger partial charge in [-0.25, -0.2) is 13.2 Å². The SMILES string of the molecule is CN=C(NCc1ccc(F)c(Cl)c1)NCc1cc(F)ccc1F.I. The summed E-state index contributed by atoms with van der Waals surface area (Å²) in [5.74, 6) is -1.10. The van der Waals surface area contributed by atoms with E-state index in [1.807, 2.05) is 0 Å². The molecule has 24 heavy (non-hydrogen) atoms. The minimum Gasteiger partial charge on any atom is -0.352 e. The first-order chi connectivity index (χ1) is 11.0. The molecule has 2 aromatic carbocycles. The molecule has 2 rings (SSSR count). The van der Waals surface area contributed by atoms with Crippen LogP contribution in [0.15, 0.2) is 41.4 Å². The highest BCUT2D eigenvalue weighted by atomic mass is 127. The molecular weight excluding hydrogens is 454 g/mol. The Labute approximate surface area is 160 Å². The number of nitrogens with zero attached hydrogens (tertiary/aromatic N) is 1. The van der Waals surface area contributed by atoms with E-state index in [0.29, 0.717) is 12.5 Å². The van der Waals surface area contributed by atoms with Gasteiger partial charge >= 0.3 is 0 Å². The van der Waals surface area contributed by atoms with E-state index in [1.54, 1.807) is 13.1 Å². The van der Waals surface area contributed by atoms with Gasteiger partial charge in [0.2, 0.25) is 0 Å². The zero-order valence-corrected chi connectivity index (χ0v) is 15.8. The van der Waals surface area contributed by atoms with Crippen LogP contribution in [0.3, 0.4) is 0 Å². The molecule has 0 bridgehead atoms. The normalized spacial score (nSPS) is 11.0. The van der Waals surface area contributed by atoms with E-state index >= 15 is 0 Å². The van der Waals surface area contributed by atoms with Crippen LogP contribution in [0.5, 0.6) is 0 Å². The first-order valence-electron chi connectivity index (χ1n) is 6.82. The molecule has 8 heteroatoms. The molecule has 2 aromatic rings. The highest BCUT2D eigenvalue weighted by Gasteiger charge is 2.06. The van der Waals surface area contributed by atoms with Crippen molar-refractivity contribution in [2.45, 2.75) is 13.1 Å². The number of nitrogens with one attached hydrogen (secondary N) is 2. The topological polar surface area (TPSA) is 36.4 Å². The summed E-state index contributed by atoms with van der Waals surface area (Å²) < 4.78 is 39.7. The second-order valence-electron chi connectivity index (χ2n) is 4.76. The molecule has 0 heterocycles. The van der Waals surface area contributed by atoms with Gasteiger partial charge in [-0.05, 0) is 35.9 Å². The molecule has 0 aliphatic carbocycles. The Hall–Kier alpha value is -1.48. The van der Waals surface area contributed by atoms with Crippen LogP contribution in [0.4, 0.5) is 13.2 Å². The maximum atomic E-state index is 13.5. The van der Waals surface area contributed by atoms with Crippen LogP contribution in [0.2, 0.25) is 5.02 Å². The molecular formula is C16H16ClF3IN3. The van der Waals surface area contributed by atoms with E-state index in [2.05, 4.69) is 15.6 Å². The largest absolute Gasteiger partial charge is 0.352 e. The number of hydrogen-bond acceptors (Lipinski definition) is 1. The Kier molecular flexibility index (Phi) is 8.34. The van der Waals surface area contributed by atoms with E-state index in [4.69, 9.17) is 11.6 Å². The molecule has 0 unspecified atom stereocenters. The van der Waals surface area contributed by atoms with E-state index in [0.717, 1.165) is 23.8 Å². The average Bonchev–Trinajstić information content (AvgIpc) is 2.54. The summed E-state index contributed by atoms with van der Waals surface area (Å²) in [6, 6.07) is 7.62. The molecule has 0 aliphatic rings. The van der Waals surface area contributed by atoms with Gasteiger partial charge in [0.25, 0.3) is 0 Å². The molecule has 0 aliphatic heterocycles. The fourth-order valence-corrected chi connectivity index (χ4v) is 2.12. The van der Waals surface area contributed by atoms with Crippen molar-refractivity contribution in [3.63, 3.8) is 0 Å². The fraction of sp³-hybridized carbons (Fsp3) is 0.188. The molecule has 0 atom stereocenters. The summed E-state index contributed by atoms with van der Waals surface area (Å²) in [6.07, 6.45) is 0. The molecule has 0 saturated heterocycles. The Balaban J connectivity index is 0.00000288. The number of halogens is 5. The van der Waals surface area contributed by atoms with Crippen LogP contribution >= 0.6 is 35.6 Å². The molecule has 130 valence electrons. The third-order valence-corrected chi connectivity index (χ3v) is 3.41. The first-order valence-corrected chi connectivity index (χ1v) is 7.19. The lowest BCUT2D eigenvalue weighted by Gasteiger charge is -2.12. The predicted molar refractivity (Wildman–Crippen MR) is 100 cm³/mol. The van der Waals surface area contributed by atoms with Gasteiger partial charge in [-0.3, -0.25) is 4.99 Å². The lowest BCUT2D eigenvalue weighted by molar-refractivity contribution is 0.581. The molecule has 0 saturated carbocycles. The summed E-state index contributed by atoms with van der Waals surface area (Å²) in [5, 5.41) is 5.89. The maximum Gasteiger partial charge on any atom is 0.191 e. The Morgan fingerprint density at radius 1 is 1.00 bits per heavy atom. The molecule has 0 spiro atoms. The van der Waals surface area contributed by atoms with Gasteiger partial charge in [0.05, 0.1) is 5.02 Å². The van der Waals surface area contributed by atoms with Gasteiger partial charge in [0.15, 0.2) is 5.96 Å². The summed E-state index contributed by atoms with van der Waals surface area (Å²) in [6.45, 7) is 0.429. The smallest absolute Gasteiger partial charge is 0.191 e. The van der Waals surface area contributed by atoms with Crippen LogP contribution in [-0.2, 0) is 13.1 Å². The van der Waals surface area contributed by atoms with E-state index in [-0.39, 0.29) is 41.1 Å².